The Morgan fingerprint density at radius 2 is 1.92 bits per heavy atom. The van der Waals surface area contributed by atoms with Crippen LogP contribution in [0.4, 0.5) is 24.5 Å². The van der Waals surface area contributed by atoms with Gasteiger partial charge in [0.15, 0.2) is 0 Å². The summed E-state index contributed by atoms with van der Waals surface area (Å²) in [5, 5.41) is 2.56. The third-order valence-electron chi connectivity index (χ3n) is 3.87. The van der Waals surface area contributed by atoms with Crippen LogP contribution in [-0.2, 0) is 17.4 Å². The van der Waals surface area contributed by atoms with E-state index in [-0.39, 0.29) is 17.9 Å². The molecule has 1 aliphatic rings. The number of carbonyl (C=O) groups is 2. The molecule has 0 radical (unpaired) electrons. The van der Waals surface area contributed by atoms with Gasteiger partial charge >= 0.3 is 6.18 Å². The van der Waals surface area contributed by atoms with Gasteiger partial charge in [-0.15, -0.1) is 0 Å². The van der Waals surface area contributed by atoms with Crippen molar-refractivity contribution in [2.24, 2.45) is 0 Å². The first-order valence-electron chi connectivity index (χ1n) is 7.14. The Bertz CT molecular complexity index is 831. The smallest absolute Gasteiger partial charge is 0.322 e. The SMILES string of the molecule is CN1C(=O)Cc2cc(NC(=O)c3cccc(C(F)(F)F)c3)ccc21. The molecule has 124 valence electrons. The Morgan fingerprint density at radius 1 is 1.17 bits per heavy atom. The van der Waals surface area contributed by atoms with E-state index in [4.69, 9.17) is 0 Å². The molecular formula is C17H13F3N2O2. The van der Waals surface area contributed by atoms with E-state index in [2.05, 4.69) is 5.32 Å². The molecule has 2 amide bonds. The lowest BCUT2D eigenvalue weighted by molar-refractivity contribution is -0.137. The fourth-order valence-electron chi connectivity index (χ4n) is 2.59. The number of fused-ring (bicyclic) bond motifs is 1. The molecule has 2 aromatic carbocycles. The molecule has 0 saturated carbocycles. The molecule has 3 rings (SSSR count). The van der Waals surface area contributed by atoms with Crippen LogP contribution in [-0.4, -0.2) is 18.9 Å². The van der Waals surface area contributed by atoms with Crippen LogP contribution < -0.4 is 10.2 Å². The van der Waals surface area contributed by atoms with Gasteiger partial charge in [-0.25, -0.2) is 0 Å². The van der Waals surface area contributed by atoms with Crippen molar-refractivity contribution in [2.75, 3.05) is 17.3 Å². The molecule has 1 heterocycles. The van der Waals surface area contributed by atoms with E-state index in [1.54, 1.807) is 25.2 Å². The fraction of sp³-hybridized carbons (Fsp3) is 0.176. The second-order valence-electron chi connectivity index (χ2n) is 5.51. The third-order valence-corrected chi connectivity index (χ3v) is 3.87. The summed E-state index contributed by atoms with van der Waals surface area (Å²) >= 11 is 0. The van der Waals surface area contributed by atoms with Crippen molar-refractivity contribution in [2.45, 2.75) is 12.6 Å². The normalized spacial score (nSPS) is 13.8. The van der Waals surface area contributed by atoms with Crippen molar-refractivity contribution in [1.29, 1.82) is 0 Å². The van der Waals surface area contributed by atoms with Crippen LogP contribution in [0.15, 0.2) is 42.5 Å². The quantitative estimate of drug-likeness (QED) is 0.914. The number of nitrogens with one attached hydrogen (secondary N) is 1. The van der Waals surface area contributed by atoms with Crippen LogP contribution in [0.25, 0.3) is 0 Å². The van der Waals surface area contributed by atoms with Gasteiger partial charge in [0, 0.05) is 24.0 Å². The van der Waals surface area contributed by atoms with Crippen molar-refractivity contribution in [3.05, 3.63) is 59.2 Å². The molecule has 0 aromatic heterocycles. The van der Waals surface area contributed by atoms with Gasteiger partial charge in [-0.3, -0.25) is 9.59 Å². The van der Waals surface area contributed by atoms with Crippen LogP contribution in [0.5, 0.6) is 0 Å². The highest BCUT2D eigenvalue weighted by molar-refractivity contribution is 6.05. The number of hydrogen-bond acceptors (Lipinski definition) is 2. The van der Waals surface area contributed by atoms with Crippen LogP contribution in [0.3, 0.4) is 0 Å². The monoisotopic (exact) mass is 334 g/mol. The highest BCUT2D eigenvalue weighted by Crippen LogP contribution is 2.31. The predicted molar refractivity (Wildman–Crippen MR) is 83.0 cm³/mol. The Kier molecular flexibility index (Phi) is 3.79. The molecule has 0 spiro atoms. The summed E-state index contributed by atoms with van der Waals surface area (Å²) in [6.07, 6.45) is -4.27. The fourth-order valence-corrected chi connectivity index (χ4v) is 2.59. The van der Waals surface area contributed by atoms with Crippen molar-refractivity contribution in [1.82, 2.24) is 0 Å². The summed E-state index contributed by atoms with van der Waals surface area (Å²) in [5.41, 5.74) is 0.996. The Labute approximate surface area is 135 Å². The number of anilines is 2. The minimum atomic E-state index is -4.51. The molecular weight excluding hydrogens is 321 g/mol. The lowest BCUT2D eigenvalue weighted by Crippen LogP contribution is -2.20. The lowest BCUT2D eigenvalue weighted by Gasteiger charge is -2.12. The highest BCUT2D eigenvalue weighted by Gasteiger charge is 2.31. The molecule has 1 N–H and O–H groups in total. The van der Waals surface area contributed by atoms with Gasteiger partial charge in [0.2, 0.25) is 5.91 Å². The highest BCUT2D eigenvalue weighted by atomic mass is 19.4. The van der Waals surface area contributed by atoms with E-state index < -0.39 is 17.6 Å². The first-order valence-corrected chi connectivity index (χ1v) is 7.14. The van der Waals surface area contributed by atoms with E-state index in [9.17, 15) is 22.8 Å². The topological polar surface area (TPSA) is 49.4 Å². The van der Waals surface area contributed by atoms with Crippen LogP contribution >= 0.6 is 0 Å². The molecule has 0 fully saturated rings. The maximum atomic E-state index is 12.7. The van der Waals surface area contributed by atoms with Gasteiger partial charge in [-0.05, 0) is 42.0 Å². The van der Waals surface area contributed by atoms with Crippen molar-refractivity contribution in [3.8, 4) is 0 Å². The number of nitrogens with zero attached hydrogens (tertiary/aromatic N) is 1. The molecule has 1 aliphatic heterocycles. The number of likely N-dealkylation sites (N-methyl/N-ethyl adjacent to an activating group) is 1. The zero-order chi connectivity index (χ0) is 17.5. The number of amides is 2. The minimum absolute atomic E-state index is 0.0497. The average molecular weight is 334 g/mol. The number of hydrogen-bond donors (Lipinski definition) is 1. The maximum Gasteiger partial charge on any atom is 0.416 e. The van der Waals surface area contributed by atoms with Crippen LogP contribution in [0, 0.1) is 0 Å². The Hall–Kier alpha value is -2.83. The van der Waals surface area contributed by atoms with Gasteiger partial charge in [0.25, 0.3) is 5.91 Å². The average Bonchev–Trinajstić information content (AvgIpc) is 2.81. The first kappa shape index (κ1) is 16.0. The summed E-state index contributed by atoms with van der Waals surface area (Å²) in [7, 11) is 1.66. The van der Waals surface area contributed by atoms with Crippen LogP contribution in [0.1, 0.15) is 21.5 Å². The molecule has 0 unspecified atom stereocenters. The summed E-state index contributed by atoms with van der Waals surface area (Å²) in [5.74, 6) is -0.690. The first-order chi connectivity index (χ1) is 11.3. The van der Waals surface area contributed by atoms with Crippen molar-refractivity contribution >= 4 is 23.2 Å². The minimum Gasteiger partial charge on any atom is -0.322 e. The molecule has 0 bridgehead atoms. The lowest BCUT2D eigenvalue weighted by atomic mass is 10.1. The van der Waals surface area contributed by atoms with Gasteiger partial charge in [0.05, 0.1) is 12.0 Å². The van der Waals surface area contributed by atoms with E-state index in [1.165, 1.54) is 17.0 Å². The summed E-state index contributed by atoms with van der Waals surface area (Å²) in [4.78, 5) is 25.3. The van der Waals surface area contributed by atoms with Gasteiger partial charge in [-0.2, -0.15) is 13.2 Å². The van der Waals surface area contributed by atoms with E-state index in [0.717, 1.165) is 23.4 Å². The third kappa shape index (κ3) is 2.97. The number of halogens is 3. The largest absolute Gasteiger partial charge is 0.416 e. The molecule has 0 saturated heterocycles. The number of carbonyl (C=O) groups excluding carboxylic acids is 2. The number of alkyl halides is 3. The van der Waals surface area contributed by atoms with Crippen molar-refractivity contribution in [3.63, 3.8) is 0 Å². The zero-order valence-electron chi connectivity index (χ0n) is 12.6. The second kappa shape index (κ2) is 5.67. The Balaban J connectivity index is 1.81. The van der Waals surface area contributed by atoms with Crippen LogP contribution in [0.2, 0.25) is 0 Å². The molecule has 2 aromatic rings. The number of benzene rings is 2. The Morgan fingerprint density at radius 3 is 2.62 bits per heavy atom. The molecule has 4 nitrogen and oxygen atoms in total. The molecule has 7 heteroatoms. The van der Waals surface area contributed by atoms with Gasteiger partial charge in [-0.1, -0.05) is 6.07 Å². The standard InChI is InChI=1S/C17H13F3N2O2/c1-22-14-6-5-13(8-11(14)9-15(22)23)21-16(24)10-3-2-4-12(7-10)17(18,19)20/h2-8H,9H2,1H3,(H,21,24). The molecule has 0 atom stereocenters. The van der Waals surface area contributed by atoms with Crippen molar-refractivity contribution < 1.29 is 22.8 Å². The van der Waals surface area contributed by atoms with E-state index in [1.807, 2.05) is 0 Å². The summed E-state index contributed by atoms with van der Waals surface area (Å²) in [6.45, 7) is 0. The molecule has 24 heavy (non-hydrogen) atoms. The van der Waals surface area contributed by atoms with Gasteiger partial charge in [0.1, 0.15) is 0 Å². The van der Waals surface area contributed by atoms with E-state index in [0.29, 0.717) is 5.69 Å². The predicted octanol–water partition coefficient (Wildman–Crippen LogP) is 3.48. The zero-order valence-corrected chi connectivity index (χ0v) is 12.6. The summed E-state index contributed by atoms with van der Waals surface area (Å²) in [6, 6.07) is 9.18. The van der Waals surface area contributed by atoms with E-state index >= 15 is 0 Å². The summed E-state index contributed by atoms with van der Waals surface area (Å²) < 4.78 is 38.1. The number of rotatable bonds is 2. The molecule has 0 aliphatic carbocycles. The maximum absolute atomic E-state index is 12.7. The second-order valence-corrected chi connectivity index (χ2v) is 5.51. The van der Waals surface area contributed by atoms with Gasteiger partial charge < -0.3 is 10.2 Å².